The topological polar surface area (TPSA) is 97.8 Å². The normalized spacial score (nSPS) is 17.8. The Hall–Kier alpha value is -2.51. The summed E-state index contributed by atoms with van der Waals surface area (Å²) in [4.78, 5) is 14.7. The number of nitrogens with zero attached hydrogens (tertiary/aromatic N) is 7. The Kier molecular flexibility index (Phi) is 2.82. The molecule has 0 radical (unpaired) electrons. The number of azo groups is 1. The van der Waals surface area contributed by atoms with Gasteiger partial charge in [-0.1, -0.05) is 6.07 Å². The van der Waals surface area contributed by atoms with Gasteiger partial charge in [-0.3, -0.25) is 0 Å². The van der Waals surface area contributed by atoms with Crippen molar-refractivity contribution in [1.29, 1.82) is 0 Å². The molecule has 1 atom stereocenters. The lowest BCUT2D eigenvalue weighted by Gasteiger charge is -2.07. The summed E-state index contributed by atoms with van der Waals surface area (Å²) in [7, 11) is 0. The van der Waals surface area contributed by atoms with E-state index in [1.807, 2.05) is 11.5 Å². The maximum atomic E-state index is 10.5. The number of aromatic nitrogens is 4. The average Bonchev–Trinajstić information content (AvgIpc) is 2.79. The third-order valence-corrected chi connectivity index (χ3v) is 2.89. The molecule has 1 aliphatic heterocycles. The molecule has 2 aromatic heterocycles. The molecule has 96 valence electrons. The molecule has 0 bridgehead atoms. The van der Waals surface area contributed by atoms with Crippen LogP contribution in [0.5, 0.6) is 0 Å². The van der Waals surface area contributed by atoms with Crippen LogP contribution in [0.1, 0.15) is 18.8 Å². The number of pyridine rings is 1. The summed E-state index contributed by atoms with van der Waals surface area (Å²) in [6.07, 6.45) is 0. The fourth-order valence-electron chi connectivity index (χ4n) is 2.01. The van der Waals surface area contributed by atoms with Crippen molar-refractivity contribution in [2.24, 2.45) is 15.4 Å². The summed E-state index contributed by atoms with van der Waals surface area (Å²) in [5.74, 6) is 1.49. The molecular weight excluding hydrogens is 246 g/mol. The highest BCUT2D eigenvalue weighted by atomic mass is 16.3. The lowest BCUT2D eigenvalue weighted by molar-refractivity contribution is 0.661. The van der Waals surface area contributed by atoms with Crippen molar-refractivity contribution >= 4 is 5.82 Å². The van der Waals surface area contributed by atoms with Gasteiger partial charge in [0.15, 0.2) is 17.5 Å². The predicted octanol–water partition coefficient (Wildman–Crippen LogP) is 2.26. The summed E-state index contributed by atoms with van der Waals surface area (Å²) >= 11 is 0. The zero-order valence-electron chi connectivity index (χ0n) is 10.3. The van der Waals surface area contributed by atoms with E-state index < -0.39 is 0 Å². The lowest BCUT2D eigenvalue weighted by Crippen LogP contribution is -2.07. The highest BCUT2D eigenvalue weighted by Crippen LogP contribution is 2.24. The van der Waals surface area contributed by atoms with Crippen molar-refractivity contribution in [2.45, 2.75) is 19.5 Å². The Morgan fingerprint density at radius 2 is 2.26 bits per heavy atom. The summed E-state index contributed by atoms with van der Waals surface area (Å²) in [5.41, 5.74) is 0.574. The lowest BCUT2D eigenvalue weighted by atomic mass is 10.3. The molecule has 0 aliphatic carbocycles. The standard InChI is InChI=1S/C11H11N7O/c1-7-10-15-16-11(18(10)6-5-12-14-7)8-3-2-4-9(13-8)17-19/h2-4,7H,5-6H2,1H3/t7-/m0/s1. The molecule has 0 saturated carbocycles. The smallest absolute Gasteiger partial charge is 0.197 e. The van der Waals surface area contributed by atoms with E-state index in [9.17, 15) is 4.91 Å². The van der Waals surface area contributed by atoms with Crippen LogP contribution in [0.25, 0.3) is 11.5 Å². The van der Waals surface area contributed by atoms with Crippen LogP contribution < -0.4 is 0 Å². The summed E-state index contributed by atoms with van der Waals surface area (Å²) in [5, 5.41) is 19.3. The van der Waals surface area contributed by atoms with Crippen molar-refractivity contribution in [3.63, 3.8) is 0 Å². The Morgan fingerprint density at radius 1 is 1.37 bits per heavy atom. The fourth-order valence-corrected chi connectivity index (χ4v) is 2.01. The van der Waals surface area contributed by atoms with Gasteiger partial charge in [-0.2, -0.15) is 10.2 Å². The zero-order chi connectivity index (χ0) is 13.2. The first-order chi connectivity index (χ1) is 9.29. The Labute approximate surface area is 108 Å². The molecule has 0 saturated heterocycles. The van der Waals surface area contributed by atoms with Gasteiger partial charge in [-0.05, 0) is 24.2 Å². The third kappa shape index (κ3) is 2.01. The second kappa shape index (κ2) is 4.63. The van der Waals surface area contributed by atoms with E-state index in [1.165, 1.54) is 0 Å². The van der Waals surface area contributed by atoms with Crippen molar-refractivity contribution in [3.8, 4) is 11.5 Å². The van der Waals surface area contributed by atoms with Crippen LogP contribution in [-0.2, 0) is 6.54 Å². The van der Waals surface area contributed by atoms with Crippen molar-refractivity contribution in [1.82, 2.24) is 19.7 Å². The van der Waals surface area contributed by atoms with Gasteiger partial charge in [0.25, 0.3) is 0 Å². The fraction of sp³-hybridized carbons (Fsp3) is 0.364. The van der Waals surface area contributed by atoms with Crippen LogP contribution in [-0.4, -0.2) is 26.3 Å². The van der Waals surface area contributed by atoms with E-state index in [1.54, 1.807) is 18.2 Å². The molecule has 3 rings (SSSR count). The van der Waals surface area contributed by atoms with Crippen molar-refractivity contribution in [3.05, 3.63) is 28.9 Å². The van der Waals surface area contributed by atoms with Gasteiger partial charge in [-0.15, -0.1) is 15.1 Å². The van der Waals surface area contributed by atoms with Crippen LogP contribution >= 0.6 is 0 Å². The number of nitroso groups, excluding NO2 is 1. The van der Waals surface area contributed by atoms with Crippen molar-refractivity contribution < 1.29 is 0 Å². The van der Waals surface area contributed by atoms with Crippen LogP contribution in [0.2, 0.25) is 0 Å². The van der Waals surface area contributed by atoms with Crippen LogP contribution in [0.4, 0.5) is 5.82 Å². The molecule has 1 aliphatic rings. The summed E-state index contributed by atoms with van der Waals surface area (Å²) < 4.78 is 1.93. The Morgan fingerprint density at radius 3 is 3.11 bits per heavy atom. The van der Waals surface area contributed by atoms with E-state index in [-0.39, 0.29) is 11.9 Å². The molecule has 0 unspecified atom stereocenters. The van der Waals surface area contributed by atoms with Gasteiger partial charge in [0.1, 0.15) is 11.7 Å². The first kappa shape index (κ1) is 11.6. The minimum absolute atomic E-state index is 0.129. The molecule has 0 fully saturated rings. The third-order valence-electron chi connectivity index (χ3n) is 2.89. The van der Waals surface area contributed by atoms with Gasteiger partial charge in [0.2, 0.25) is 0 Å². The minimum atomic E-state index is -0.129. The average molecular weight is 257 g/mol. The Balaban J connectivity index is 2.09. The molecule has 19 heavy (non-hydrogen) atoms. The number of rotatable bonds is 2. The molecule has 0 N–H and O–H groups in total. The predicted molar refractivity (Wildman–Crippen MR) is 66.8 cm³/mol. The van der Waals surface area contributed by atoms with E-state index in [0.717, 1.165) is 5.82 Å². The molecule has 8 nitrogen and oxygen atoms in total. The largest absolute Gasteiger partial charge is 0.306 e. The minimum Gasteiger partial charge on any atom is -0.306 e. The first-order valence-corrected chi connectivity index (χ1v) is 5.90. The van der Waals surface area contributed by atoms with E-state index in [0.29, 0.717) is 24.6 Å². The monoisotopic (exact) mass is 257 g/mol. The number of hydrogen-bond acceptors (Lipinski definition) is 7. The second-order valence-corrected chi connectivity index (χ2v) is 4.16. The summed E-state index contributed by atoms with van der Waals surface area (Å²) in [6, 6.07) is 4.91. The van der Waals surface area contributed by atoms with E-state index >= 15 is 0 Å². The quantitative estimate of drug-likeness (QED) is 0.770. The van der Waals surface area contributed by atoms with Gasteiger partial charge < -0.3 is 4.57 Å². The molecule has 0 spiro atoms. The number of hydrogen-bond donors (Lipinski definition) is 0. The highest BCUT2D eigenvalue weighted by molar-refractivity contribution is 5.52. The van der Waals surface area contributed by atoms with E-state index in [2.05, 4.69) is 30.6 Å². The molecule has 3 heterocycles. The molecule has 8 heteroatoms. The van der Waals surface area contributed by atoms with Gasteiger partial charge >= 0.3 is 0 Å². The zero-order valence-corrected chi connectivity index (χ0v) is 10.3. The van der Waals surface area contributed by atoms with Crippen LogP contribution in [0.15, 0.2) is 33.6 Å². The maximum Gasteiger partial charge on any atom is 0.197 e. The molecule has 0 aromatic carbocycles. The highest BCUT2D eigenvalue weighted by Gasteiger charge is 2.21. The van der Waals surface area contributed by atoms with Crippen LogP contribution in [0.3, 0.4) is 0 Å². The van der Waals surface area contributed by atoms with E-state index in [4.69, 9.17) is 0 Å². The summed E-state index contributed by atoms with van der Waals surface area (Å²) in [6.45, 7) is 3.13. The van der Waals surface area contributed by atoms with Crippen molar-refractivity contribution in [2.75, 3.05) is 6.54 Å². The van der Waals surface area contributed by atoms with Crippen LogP contribution in [0, 0.1) is 4.91 Å². The molecule has 2 aromatic rings. The first-order valence-electron chi connectivity index (χ1n) is 5.90. The van der Waals surface area contributed by atoms with Gasteiger partial charge in [0.05, 0.1) is 6.54 Å². The number of fused-ring (bicyclic) bond motifs is 1. The van der Waals surface area contributed by atoms with Gasteiger partial charge in [-0.25, -0.2) is 4.98 Å². The Bertz CT molecular complexity index is 648. The second-order valence-electron chi connectivity index (χ2n) is 4.16. The maximum absolute atomic E-state index is 10.5. The molecule has 0 amide bonds. The molecular formula is C11H11N7O. The van der Waals surface area contributed by atoms with Gasteiger partial charge in [0, 0.05) is 6.54 Å². The SMILES string of the molecule is C[C@@H]1N=NCCn2c(-c3cccc(N=O)n3)nnc21.